The van der Waals surface area contributed by atoms with Gasteiger partial charge in [-0.25, -0.2) is 9.78 Å². The van der Waals surface area contributed by atoms with Gasteiger partial charge in [0.25, 0.3) is 0 Å². The second-order valence-corrected chi connectivity index (χ2v) is 9.51. The topological polar surface area (TPSA) is 71.5 Å². The lowest BCUT2D eigenvalue weighted by atomic mass is 10.1. The molecule has 1 saturated carbocycles. The van der Waals surface area contributed by atoms with Gasteiger partial charge in [0.2, 0.25) is 5.91 Å². The fourth-order valence-electron chi connectivity index (χ4n) is 3.48. The lowest BCUT2D eigenvalue weighted by molar-refractivity contribution is -0.125. The number of carbonyl (C=O) groups excluding carboxylic acids is 2. The van der Waals surface area contributed by atoms with Crippen molar-refractivity contribution in [2.75, 3.05) is 13.1 Å². The molecule has 1 N–H and O–H groups in total. The highest BCUT2D eigenvalue weighted by atomic mass is 32.1. The fraction of sp³-hybridized carbons (Fsp3) is 0.722. The predicted molar refractivity (Wildman–Crippen MR) is 96.3 cm³/mol. The molecule has 1 aromatic heterocycles. The Morgan fingerprint density at radius 3 is 2.32 bits per heavy atom. The van der Waals surface area contributed by atoms with Gasteiger partial charge in [-0.05, 0) is 53.4 Å². The van der Waals surface area contributed by atoms with Crippen LogP contribution in [0.4, 0.5) is 4.79 Å². The van der Waals surface area contributed by atoms with E-state index >= 15 is 0 Å². The van der Waals surface area contributed by atoms with E-state index in [-0.39, 0.29) is 29.8 Å². The molecule has 2 fully saturated rings. The first-order valence-corrected chi connectivity index (χ1v) is 9.58. The van der Waals surface area contributed by atoms with Crippen LogP contribution in [0, 0.1) is 24.7 Å². The highest BCUT2D eigenvalue weighted by molar-refractivity contribution is 7.09. The molecule has 1 saturated heterocycles. The Bertz CT molecular complexity index is 680. The van der Waals surface area contributed by atoms with Crippen molar-refractivity contribution in [2.24, 2.45) is 17.8 Å². The Morgan fingerprint density at radius 1 is 1.24 bits per heavy atom. The maximum Gasteiger partial charge on any atom is 0.410 e. The number of thiazole rings is 1. The minimum atomic E-state index is -0.490. The number of piperidine rings is 1. The molecule has 2 amide bonds. The molecule has 6 nitrogen and oxygen atoms in total. The lowest BCUT2D eigenvalue weighted by Crippen LogP contribution is -2.44. The minimum Gasteiger partial charge on any atom is -0.444 e. The molecule has 1 aliphatic heterocycles. The summed E-state index contributed by atoms with van der Waals surface area (Å²) < 4.78 is 5.41. The lowest BCUT2D eigenvalue weighted by Gasteiger charge is -2.27. The predicted octanol–water partition coefficient (Wildman–Crippen LogP) is 2.92. The van der Waals surface area contributed by atoms with Crippen LogP contribution >= 0.6 is 11.3 Å². The number of likely N-dealkylation sites (tertiary alicyclic amines) is 1. The van der Waals surface area contributed by atoms with Crippen LogP contribution in [-0.2, 0) is 15.1 Å². The van der Waals surface area contributed by atoms with E-state index in [1.807, 2.05) is 46.9 Å². The quantitative estimate of drug-likeness (QED) is 0.894. The summed E-state index contributed by atoms with van der Waals surface area (Å²) >= 11 is 1.57. The third kappa shape index (κ3) is 3.81. The first-order chi connectivity index (χ1) is 11.5. The van der Waals surface area contributed by atoms with Crippen LogP contribution in [0.1, 0.15) is 45.3 Å². The normalized spacial score (nSPS) is 25.5. The number of aromatic nitrogens is 1. The molecule has 0 aromatic carbocycles. The largest absolute Gasteiger partial charge is 0.444 e. The van der Waals surface area contributed by atoms with Crippen molar-refractivity contribution < 1.29 is 14.3 Å². The van der Waals surface area contributed by atoms with Crippen LogP contribution in [-0.4, -0.2) is 40.6 Å². The molecular formula is C18H27N3O3S. The highest BCUT2D eigenvalue weighted by Crippen LogP contribution is 2.52. The van der Waals surface area contributed by atoms with Gasteiger partial charge in [-0.15, -0.1) is 11.3 Å². The van der Waals surface area contributed by atoms with Crippen molar-refractivity contribution in [2.45, 2.75) is 52.7 Å². The van der Waals surface area contributed by atoms with Crippen LogP contribution in [0.5, 0.6) is 0 Å². The zero-order valence-corrected chi connectivity index (χ0v) is 16.6. The molecule has 3 rings (SSSR count). The maximum atomic E-state index is 12.7. The molecular weight excluding hydrogens is 338 g/mol. The van der Waals surface area contributed by atoms with E-state index in [0.29, 0.717) is 13.1 Å². The summed E-state index contributed by atoms with van der Waals surface area (Å²) in [6, 6.07) is 0. The van der Waals surface area contributed by atoms with E-state index in [9.17, 15) is 9.59 Å². The van der Waals surface area contributed by atoms with Crippen LogP contribution in [0.15, 0.2) is 5.38 Å². The van der Waals surface area contributed by atoms with E-state index in [1.165, 1.54) is 0 Å². The van der Waals surface area contributed by atoms with Crippen molar-refractivity contribution >= 4 is 23.3 Å². The summed E-state index contributed by atoms with van der Waals surface area (Å²) in [6.07, 6.45) is -0.280. The molecule has 2 aliphatic rings. The molecule has 7 heteroatoms. The summed E-state index contributed by atoms with van der Waals surface area (Å²) in [5, 5.41) is 6.04. The number of carbonyl (C=O) groups is 2. The molecule has 138 valence electrons. The summed E-state index contributed by atoms with van der Waals surface area (Å²) in [5.74, 6) is 0.568. The Kier molecular flexibility index (Phi) is 4.34. The number of hydrogen-bond acceptors (Lipinski definition) is 5. The van der Waals surface area contributed by atoms with E-state index in [1.54, 1.807) is 16.2 Å². The number of amides is 2. The van der Waals surface area contributed by atoms with E-state index < -0.39 is 11.1 Å². The first-order valence-electron chi connectivity index (χ1n) is 8.70. The van der Waals surface area contributed by atoms with Crippen LogP contribution in [0.2, 0.25) is 0 Å². The smallest absolute Gasteiger partial charge is 0.410 e. The molecule has 1 aliphatic carbocycles. The third-order valence-corrected chi connectivity index (χ3v) is 6.02. The molecule has 0 radical (unpaired) electrons. The maximum absolute atomic E-state index is 12.7. The van der Waals surface area contributed by atoms with Gasteiger partial charge in [-0.1, -0.05) is 0 Å². The second-order valence-electron chi connectivity index (χ2n) is 8.65. The molecule has 2 unspecified atom stereocenters. The molecule has 0 bridgehead atoms. The Hall–Kier alpha value is -1.63. The number of aryl methyl sites for hydroxylation is 1. The number of nitrogens with zero attached hydrogens (tertiary/aromatic N) is 2. The average molecular weight is 365 g/mol. The monoisotopic (exact) mass is 365 g/mol. The summed E-state index contributed by atoms with van der Waals surface area (Å²) in [5.41, 5.74) is 0.00691. The number of rotatable bonds is 3. The average Bonchev–Trinajstić information content (AvgIpc) is 2.83. The van der Waals surface area contributed by atoms with Gasteiger partial charge in [-0.3, -0.25) is 4.79 Å². The van der Waals surface area contributed by atoms with Gasteiger partial charge in [0.15, 0.2) is 0 Å². The van der Waals surface area contributed by atoms with E-state index in [2.05, 4.69) is 10.3 Å². The van der Waals surface area contributed by atoms with Crippen LogP contribution in [0.25, 0.3) is 0 Å². The summed E-state index contributed by atoms with van der Waals surface area (Å²) in [7, 11) is 0. The molecule has 2 heterocycles. The van der Waals surface area contributed by atoms with Gasteiger partial charge in [-0.2, -0.15) is 0 Å². The molecule has 25 heavy (non-hydrogen) atoms. The van der Waals surface area contributed by atoms with Crippen molar-refractivity contribution in [1.82, 2.24) is 15.2 Å². The third-order valence-electron chi connectivity index (χ3n) is 4.74. The standard InChI is InChI=1S/C18H27N3O3S/c1-10-9-25-15(19-10)18(5,6)20-14(22)13-11-7-21(8-12(11)13)16(23)24-17(2,3)4/h9,11-13H,7-8H2,1-6H3,(H,20,22). The second kappa shape index (κ2) is 5.97. The van der Waals surface area contributed by atoms with Crippen LogP contribution < -0.4 is 5.32 Å². The minimum absolute atomic E-state index is 0.000907. The van der Waals surface area contributed by atoms with Gasteiger partial charge in [0, 0.05) is 30.1 Å². The Balaban J connectivity index is 1.53. The number of nitrogens with one attached hydrogen (secondary N) is 1. The van der Waals surface area contributed by atoms with Crippen molar-refractivity contribution in [3.63, 3.8) is 0 Å². The zero-order valence-electron chi connectivity index (χ0n) is 15.8. The first kappa shape index (κ1) is 18.2. The highest BCUT2D eigenvalue weighted by Gasteiger charge is 2.61. The number of fused-ring (bicyclic) bond motifs is 1. The Morgan fingerprint density at radius 2 is 1.84 bits per heavy atom. The van der Waals surface area contributed by atoms with Crippen molar-refractivity contribution in [3.05, 3.63) is 16.1 Å². The molecule has 2 atom stereocenters. The van der Waals surface area contributed by atoms with E-state index in [0.717, 1.165) is 10.7 Å². The molecule has 1 aromatic rings. The number of ether oxygens (including phenoxy) is 1. The number of hydrogen-bond donors (Lipinski definition) is 1. The van der Waals surface area contributed by atoms with Crippen molar-refractivity contribution in [3.8, 4) is 0 Å². The Labute approximate surface area is 153 Å². The zero-order chi connectivity index (χ0) is 18.6. The SMILES string of the molecule is Cc1csc(C(C)(C)NC(=O)C2C3CN(C(=O)OC(C)(C)C)CC32)n1. The van der Waals surface area contributed by atoms with E-state index in [4.69, 9.17) is 4.74 Å². The van der Waals surface area contributed by atoms with Crippen LogP contribution in [0.3, 0.4) is 0 Å². The molecule has 0 spiro atoms. The van der Waals surface area contributed by atoms with Gasteiger partial charge < -0.3 is 15.0 Å². The fourth-order valence-corrected chi connectivity index (χ4v) is 4.35. The summed E-state index contributed by atoms with van der Waals surface area (Å²) in [4.78, 5) is 31.0. The van der Waals surface area contributed by atoms with Crippen molar-refractivity contribution in [1.29, 1.82) is 0 Å². The van der Waals surface area contributed by atoms with Gasteiger partial charge >= 0.3 is 6.09 Å². The summed E-state index contributed by atoms with van der Waals surface area (Å²) in [6.45, 7) is 12.7. The van der Waals surface area contributed by atoms with Gasteiger partial charge in [0.1, 0.15) is 10.6 Å². The van der Waals surface area contributed by atoms with Gasteiger partial charge in [0.05, 0.1) is 5.54 Å².